The van der Waals surface area contributed by atoms with Gasteiger partial charge in [0.2, 0.25) is 5.89 Å². The molecule has 30 heavy (non-hydrogen) atoms. The third kappa shape index (κ3) is 3.97. The second-order valence-electron chi connectivity index (χ2n) is 7.11. The molecule has 0 atom stereocenters. The number of aryl methyl sites for hydroxylation is 1. The number of aromatic nitrogens is 3. The zero-order valence-electron chi connectivity index (χ0n) is 17.5. The van der Waals surface area contributed by atoms with Gasteiger partial charge in [-0.2, -0.15) is 0 Å². The maximum atomic E-state index is 5.96. The maximum Gasteiger partial charge on any atom is 0.230 e. The van der Waals surface area contributed by atoms with Gasteiger partial charge in [-0.25, -0.2) is 4.98 Å². The van der Waals surface area contributed by atoms with E-state index in [4.69, 9.17) is 18.9 Å². The van der Waals surface area contributed by atoms with Crippen molar-refractivity contribution in [1.82, 2.24) is 19.9 Å². The molecule has 0 aliphatic heterocycles. The molecule has 7 nitrogen and oxygen atoms in total. The average Bonchev–Trinajstić information content (AvgIpc) is 3.12. The number of hydrogen-bond acceptors (Lipinski definition) is 7. The molecule has 4 aromatic rings. The zero-order chi connectivity index (χ0) is 21.1. The normalized spacial score (nSPS) is 11.2. The number of methoxy groups -OCH3 is 2. The average molecular weight is 404 g/mol. The van der Waals surface area contributed by atoms with E-state index < -0.39 is 0 Å². The van der Waals surface area contributed by atoms with E-state index in [1.807, 2.05) is 31.2 Å². The number of hydrogen-bond donors (Lipinski definition) is 0. The fraction of sp³-hybridized carbons (Fsp3) is 0.261. The molecule has 2 heterocycles. The summed E-state index contributed by atoms with van der Waals surface area (Å²) in [6.07, 6.45) is 3.42. The summed E-state index contributed by atoms with van der Waals surface area (Å²) in [5.41, 5.74) is 4.61. The number of oxazole rings is 1. The Labute approximate surface area is 175 Å². The summed E-state index contributed by atoms with van der Waals surface area (Å²) in [7, 11) is 5.28. The minimum absolute atomic E-state index is 0.521. The molecule has 2 aromatic heterocycles. The summed E-state index contributed by atoms with van der Waals surface area (Å²) in [5.74, 6) is 2.56. The van der Waals surface area contributed by atoms with Crippen molar-refractivity contribution in [1.29, 1.82) is 0 Å². The molecule has 154 valence electrons. The highest BCUT2D eigenvalue weighted by molar-refractivity contribution is 5.74. The van der Waals surface area contributed by atoms with Crippen molar-refractivity contribution in [2.45, 2.75) is 20.0 Å². The van der Waals surface area contributed by atoms with Crippen LogP contribution in [0.1, 0.15) is 17.0 Å². The first-order valence-corrected chi connectivity index (χ1v) is 9.65. The Morgan fingerprint density at radius 3 is 2.53 bits per heavy atom. The molecule has 2 aromatic carbocycles. The van der Waals surface area contributed by atoms with Crippen LogP contribution in [0.2, 0.25) is 0 Å². The first-order chi connectivity index (χ1) is 14.6. The number of ether oxygens (including phenoxy) is 2. The molecular weight excluding hydrogens is 380 g/mol. The smallest absolute Gasteiger partial charge is 0.230 e. The van der Waals surface area contributed by atoms with E-state index in [1.165, 1.54) is 5.56 Å². The van der Waals surface area contributed by atoms with Crippen LogP contribution in [0.5, 0.6) is 11.5 Å². The van der Waals surface area contributed by atoms with Crippen molar-refractivity contribution in [3.63, 3.8) is 0 Å². The molecule has 0 bridgehead atoms. The molecule has 0 aliphatic rings. The molecule has 4 rings (SSSR count). The van der Waals surface area contributed by atoms with Crippen molar-refractivity contribution in [2.75, 3.05) is 21.3 Å². The van der Waals surface area contributed by atoms with E-state index in [0.29, 0.717) is 23.9 Å². The van der Waals surface area contributed by atoms with E-state index >= 15 is 0 Å². The third-order valence-corrected chi connectivity index (χ3v) is 4.93. The quantitative estimate of drug-likeness (QED) is 0.456. The Bertz CT molecular complexity index is 1170. The van der Waals surface area contributed by atoms with Crippen LogP contribution >= 0.6 is 0 Å². The standard InChI is InChI=1S/C23H24N4O3/c1-15-20(26-23(30-15)17-6-5-7-21(28-3)22(17)29-4)14-27(2)13-16-8-9-18-19(12-16)25-11-10-24-18/h5-12H,13-14H2,1-4H3. The SMILES string of the molecule is COc1cccc(-c2nc(CN(C)Cc3ccc4nccnc4c3)c(C)o2)c1OC. The molecule has 0 saturated carbocycles. The minimum atomic E-state index is 0.521. The van der Waals surface area contributed by atoms with Crippen molar-refractivity contribution in [3.05, 3.63) is 65.8 Å². The second kappa shape index (κ2) is 8.51. The molecule has 0 unspecified atom stereocenters. The molecule has 0 amide bonds. The number of fused-ring (bicyclic) bond motifs is 1. The largest absolute Gasteiger partial charge is 0.493 e. The van der Waals surface area contributed by atoms with Crippen molar-refractivity contribution in [3.8, 4) is 23.0 Å². The number of para-hydroxylation sites is 1. The van der Waals surface area contributed by atoms with Gasteiger partial charge in [0.05, 0.1) is 36.5 Å². The van der Waals surface area contributed by atoms with E-state index in [1.54, 1.807) is 26.6 Å². The Morgan fingerprint density at radius 2 is 1.77 bits per heavy atom. The van der Waals surface area contributed by atoms with Gasteiger partial charge in [-0.05, 0) is 43.8 Å². The molecule has 0 spiro atoms. The first kappa shape index (κ1) is 19.8. The second-order valence-corrected chi connectivity index (χ2v) is 7.11. The Morgan fingerprint density at radius 1 is 0.967 bits per heavy atom. The first-order valence-electron chi connectivity index (χ1n) is 9.65. The summed E-state index contributed by atoms with van der Waals surface area (Å²) < 4.78 is 16.9. The van der Waals surface area contributed by atoms with Crippen LogP contribution in [-0.4, -0.2) is 41.1 Å². The van der Waals surface area contributed by atoms with Gasteiger partial charge in [-0.1, -0.05) is 12.1 Å². The fourth-order valence-electron chi connectivity index (χ4n) is 3.48. The molecule has 0 radical (unpaired) electrons. The van der Waals surface area contributed by atoms with E-state index in [9.17, 15) is 0 Å². The lowest BCUT2D eigenvalue weighted by Crippen LogP contribution is -2.18. The zero-order valence-corrected chi connectivity index (χ0v) is 17.5. The predicted molar refractivity (Wildman–Crippen MR) is 114 cm³/mol. The van der Waals surface area contributed by atoms with Crippen molar-refractivity contribution < 1.29 is 13.9 Å². The molecule has 0 fully saturated rings. The van der Waals surface area contributed by atoms with Crippen LogP contribution in [0.4, 0.5) is 0 Å². The minimum Gasteiger partial charge on any atom is -0.493 e. The van der Waals surface area contributed by atoms with Crippen LogP contribution in [0, 0.1) is 6.92 Å². The molecule has 0 aliphatic carbocycles. The number of nitrogens with zero attached hydrogens (tertiary/aromatic N) is 4. The highest BCUT2D eigenvalue weighted by atomic mass is 16.5. The summed E-state index contributed by atoms with van der Waals surface area (Å²) >= 11 is 0. The van der Waals surface area contributed by atoms with Gasteiger partial charge < -0.3 is 13.9 Å². The van der Waals surface area contributed by atoms with Crippen LogP contribution in [0.25, 0.3) is 22.5 Å². The summed E-state index contributed by atoms with van der Waals surface area (Å²) in [4.78, 5) is 15.6. The molecule has 0 N–H and O–H groups in total. The van der Waals surface area contributed by atoms with Crippen molar-refractivity contribution in [2.24, 2.45) is 0 Å². The third-order valence-electron chi connectivity index (χ3n) is 4.93. The van der Waals surface area contributed by atoms with Gasteiger partial charge in [0, 0.05) is 25.5 Å². The van der Waals surface area contributed by atoms with Crippen LogP contribution in [-0.2, 0) is 13.1 Å². The van der Waals surface area contributed by atoms with Crippen LogP contribution in [0.3, 0.4) is 0 Å². The lowest BCUT2D eigenvalue weighted by Gasteiger charge is -2.15. The van der Waals surface area contributed by atoms with Gasteiger partial charge in [0.15, 0.2) is 11.5 Å². The number of benzene rings is 2. The van der Waals surface area contributed by atoms with E-state index in [-0.39, 0.29) is 0 Å². The van der Waals surface area contributed by atoms with E-state index in [0.717, 1.165) is 34.6 Å². The number of rotatable bonds is 7. The van der Waals surface area contributed by atoms with Crippen LogP contribution < -0.4 is 9.47 Å². The summed E-state index contributed by atoms with van der Waals surface area (Å²) in [6, 6.07) is 11.8. The molecular formula is C23H24N4O3. The topological polar surface area (TPSA) is 73.5 Å². The highest BCUT2D eigenvalue weighted by Crippen LogP contribution is 2.38. The maximum absolute atomic E-state index is 5.96. The lowest BCUT2D eigenvalue weighted by molar-refractivity contribution is 0.313. The van der Waals surface area contributed by atoms with Gasteiger partial charge in [0.25, 0.3) is 0 Å². The van der Waals surface area contributed by atoms with Crippen molar-refractivity contribution >= 4 is 11.0 Å². The monoisotopic (exact) mass is 404 g/mol. The lowest BCUT2D eigenvalue weighted by atomic mass is 10.1. The Hall–Kier alpha value is -3.45. The van der Waals surface area contributed by atoms with Gasteiger partial charge in [-0.3, -0.25) is 14.9 Å². The Kier molecular flexibility index (Phi) is 5.63. The summed E-state index contributed by atoms with van der Waals surface area (Å²) in [5, 5.41) is 0. The van der Waals surface area contributed by atoms with E-state index in [2.05, 4.69) is 34.0 Å². The molecule has 7 heteroatoms. The van der Waals surface area contributed by atoms with Gasteiger partial charge >= 0.3 is 0 Å². The highest BCUT2D eigenvalue weighted by Gasteiger charge is 2.19. The predicted octanol–water partition coefficient (Wildman–Crippen LogP) is 4.24. The van der Waals surface area contributed by atoms with Crippen LogP contribution in [0.15, 0.2) is 53.2 Å². The Balaban J connectivity index is 1.53. The van der Waals surface area contributed by atoms with Gasteiger partial charge in [0.1, 0.15) is 5.76 Å². The molecule has 0 saturated heterocycles. The summed E-state index contributed by atoms with van der Waals surface area (Å²) in [6.45, 7) is 3.34. The fourth-order valence-corrected chi connectivity index (χ4v) is 3.48. The van der Waals surface area contributed by atoms with Gasteiger partial charge in [-0.15, -0.1) is 0 Å².